The third-order valence-electron chi connectivity index (χ3n) is 7.40. The van der Waals surface area contributed by atoms with Gasteiger partial charge in [0.15, 0.2) is 5.03 Å². The van der Waals surface area contributed by atoms with Gasteiger partial charge in [0.2, 0.25) is 0 Å². The van der Waals surface area contributed by atoms with Crippen molar-refractivity contribution in [2.75, 3.05) is 19.7 Å². The minimum atomic E-state index is -3.55. The molecule has 0 N–H and O–H groups in total. The Balaban J connectivity index is 1.40. The van der Waals surface area contributed by atoms with Gasteiger partial charge >= 0.3 is 0 Å². The second kappa shape index (κ2) is 7.07. The number of piperidine rings is 2. The van der Waals surface area contributed by atoms with Crippen molar-refractivity contribution >= 4 is 10.0 Å². The Bertz CT molecular complexity index is 830. The smallest absolute Gasteiger partial charge is 0.261 e. The number of hydrogen-bond acceptors (Lipinski definition) is 5. The number of likely N-dealkylation sites (tertiary alicyclic amines) is 1. The predicted octanol–water partition coefficient (Wildman–Crippen LogP) is 1.91. The van der Waals surface area contributed by atoms with Crippen LogP contribution in [0, 0.1) is 5.92 Å². The van der Waals surface area contributed by atoms with E-state index in [-0.39, 0.29) is 12.1 Å². The third-order valence-corrected chi connectivity index (χ3v) is 9.55. The van der Waals surface area contributed by atoms with Crippen molar-refractivity contribution in [1.82, 2.24) is 19.0 Å². The second-order valence-corrected chi connectivity index (χ2v) is 11.0. The van der Waals surface area contributed by atoms with Crippen LogP contribution < -0.4 is 0 Å². The molecule has 156 valence electrons. The van der Waals surface area contributed by atoms with Crippen molar-refractivity contribution in [1.29, 1.82) is 0 Å². The summed E-state index contributed by atoms with van der Waals surface area (Å²) in [4.78, 5) is 2.63. The molecule has 3 fully saturated rings. The molecule has 3 saturated heterocycles. The summed E-state index contributed by atoms with van der Waals surface area (Å²) in [5, 5.41) is 4.87. The van der Waals surface area contributed by atoms with Crippen LogP contribution in [0.1, 0.15) is 56.7 Å². The molecule has 0 saturated carbocycles. The highest BCUT2D eigenvalue weighted by Gasteiger charge is 2.50. The van der Waals surface area contributed by atoms with Crippen LogP contribution in [0.15, 0.2) is 5.03 Å². The number of fused-ring (bicyclic) bond motifs is 3. The minimum Gasteiger partial charge on any atom is -0.376 e. The molecule has 0 amide bonds. The Hall–Kier alpha value is -0.960. The van der Waals surface area contributed by atoms with Crippen molar-refractivity contribution < 1.29 is 13.2 Å². The maximum Gasteiger partial charge on any atom is 0.261 e. The molecule has 0 radical (unpaired) electrons. The zero-order chi connectivity index (χ0) is 19.5. The fraction of sp³-hybridized carbons (Fsp3) is 0.850. The monoisotopic (exact) mass is 408 g/mol. The van der Waals surface area contributed by atoms with Gasteiger partial charge in [-0.05, 0) is 57.5 Å². The molecule has 7 nitrogen and oxygen atoms in total. The van der Waals surface area contributed by atoms with Crippen LogP contribution in [-0.2, 0) is 34.8 Å². The van der Waals surface area contributed by atoms with Crippen molar-refractivity contribution in [3.63, 3.8) is 0 Å². The highest BCUT2D eigenvalue weighted by Crippen LogP contribution is 2.42. The lowest BCUT2D eigenvalue weighted by Gasteiger charge is -2.44. The number of aromatic nitrogens is 2. The van der Waals surface area contributed by atoms with Crippen LogP contribution >= 0.6 is 0 Å². The van der Waals surface area contributed by atoms with E-state index < -0.39 is 10.0 Å². The van der Waals surface area contributed by atoms with Gasteiger partial charge in [-0.1, -0.05) is 6.92 Å². The number of ether oxygens (including phenoxy) is 1. The normalized spacial score (nSPS) is 32.6. The van der Waals surface area contributed by atoms with Gasteiger partial charge in [0.25, 0.3) is 10.0 Å². The topological polar surface area (TPSA) is 67.7 Å². The predicted molar refractivity (Wildman–Crippen MR) is 105 cm³/mol. The van der Waals surface area contributed by atoms with Crippen LogP contribution in [0.5, 0.6) is 0 Å². The third kappa shape index (κ3) is 3.04. The summed E-state index contributed by atoms with van der Waals surface area (Å²) < 4.78 is 36.4. The largest absolute Gasteiger partial charge is 0.376 e. The van der Waals surface area contributed by atoms with Gasteiger partial charge in [0.05, 0.1) is 18.9 Å². The number of sulfonamides is 1. The summed E-state index contributed by atoms with van der Waals surface area (Å²) in [7, 11) is -1.80. The van der Waals surface area contributed by atoms with Crippen LogP contribution in [-0.4, -0.2) is 65.2 Å². The average molecular weight is 409 g/mol. The fourth-order valence-electron chi connectivity index (χ4n) is 5.91. The van der Waals surface area contributed by atoms with E-state index in [9.17, 15) is 8.42 Å². The Kier molecular flexibility index (Phi) is 4.81. The fourth-order valence-corrected chi connectivity index (χ4v) is 8.14. The molecule has 28 heavy (non-hydrogen) atoms. The lowest BCUT2D eigenvalue weighted by Crippen LogP contribution is -2.53. The maximum atomic E-state index is 13.7. The van der Waals surface area contributed by atoms with E-state index in [1.54, 1.807) is 11.7 Å². The van der Waals surface area contributed by atoms with E-state index in [1.165, 1.54) is 25.9 Å². The van der Waals surface area contributed by atoms with Crippen LogP contribution in [0.4, 0.5) is 0 Å². The summed E-state index contributed by atoms with van der Waals surface area (Å²) in [6.45, 7) is 5.66. The second-order valence-electron chi connectivity index (χ2n) is 9.22. The first kappa shape index (κ1) is 19.0. The van der Waals surface area contributed by atoms with Crippen molar-refractivity contribution in [3.8, 4) is 0 Å². The molecule has 1 aromatic rings. The number of rotatable bonds is 3. The number of nitrogens with zero attached hydrogens (tertiary/aromatic N) is 4. The van der Waals surface area contributed by atoms with Gasteiger partial charge in [-0.3, -0.25) is 4.68 Å². The highest BCUT2D eigenvalue weighted by molar-refractivity contribution is 7.89. The molecule has 0 unspecified atom stereocenters. The Morgan fingerprint density at radius 3 is 2.39 bits per heavy atom. The summed E-state index contributed by atoms with van der Waals surface area (Å²) in [5.41, 5.74) is 1.66. The van der Waals surface area contributed by atoms with Gasteiger partial charge in [0.1, 0.15) is 0 Å². The quantitative estimate of drug-likeness (QED) is 0.764. The van der Waals surface area contributed by atoms with Crippen molar-refractivity contribution in [2.24, 2.45) is 13.0 Å². The van der Waals surface area contributed by atoms with Crippen LogP contribution in [0.3, 0.4) is 0 Å². The van der Waals surface area contributed by atoms with Crippen molar-refractivity contribution in [3.05, 3.63) is 11.3 Å². The van der Waals surface area contributed by atoms with Gasteiger partial charge in [-0.15, -0.1) is 0 Å². The van der Waals surface area contributed by atoms with Gasteiger partial charge in [0, 0.05) is 37.2 Å². The first-order chi connectivity index (χ1) is 13.4. The van der Waals surface area contributed by atoms with E-state index in [2.05, 4.69) is 16.9 Å². The lowest BCUT2D eigenvalue weighted by molar-refractivity contribution is 0.0755. The molecule has 5 rings (SSSR count). The lowest BCUT2D eigenvalue weighted by atomic mass is 9.93. The number of hydrogen-bond donors (Lipinski definition) is 0. The first-order valence-corrected chi connectivity index (χ1v) is 12.3. The Labute approximate surface area is 168 Å². The molecule has 8 heteroatoms. The van der Waals surface area contributed by atoms with Crippen LogP contribution in [0.2, 0.25) is 0 Å². The summed E-state index contributed by atoms with van der Waals surface area (Å²) in [5.74, 6) is 0.826. The molecular weight excluding hydrogens is 376 g/mol. The molecule has 4 aliphatic heterocycles. The van der Waals surface area contributed by atoms with E-state index in [0.29, 0.717) is 30.7 Å². The minimum absolute atomic E-state index is 0.128. The summed E-state index contributed by atoms with van der Waals surface area (Å²) >= 11 is 0. The zero-order valence-corrected chi connectivity index (χ0v) is 17.8. The molecule has 0 aliphatic carbocycles. The highest BCUT2D eigenvalue weighted by atomic mass is 32.2. The van der Waals surface area contributed by atoms with Crippen LogP contribution in [0.25, 0.3) is 0 Å². The molecule has 3 atom stereocenters. The molecule has 0 aromatic carbocycles. The molecule has 0 spiro atoms. The molecule has 5 heterocycles. The van der Waals surface area contributed by atoms with E-state index in [4.69, 9.17) is 4.74 Å². The first-order valence-electron chi connectivity index (χ1n) is 10.8. The van der Waals surface area contributed by atoms with E-state index >= 15 is 0 Å². The Morgan fingerprint density at radius 1 is 1.04 bits per heavy atom. The van der Waals surface area contributed by atoms with E-state index in [1.807, 2.05) is 4.31 Å². The van der Waals surface area contributed by atoms with Crippen molar-refractivity contribution in [2.45, 2.75) is 81.6 Å². The van der Waals surface area contributed by atoms with Gasteiger partial charge in [-0.2, -0.15) is 9.40 Å². The number of aryl methyl sites for hydroxylation is 1. The van der Waals surface area contributed by atoms with Gasteiger partial charge < -0.3 is 9.64 Å². The summed E-state index contributed by atoms with van der Waals surface area (Å²) in [6, 6.07) is 0.798. The molecule has 2 bridgehead atoms. The molecular formula is C20H32N4O3S. The standard InChI is InChI=1S/C20H32N4O3S/c1-14-5-8-23(9-6-14)17-11-15-3-4-16(12-17)24(15)28(25,26)20-18-13-27-10-7-19(18)21-22(20)2/h14-17H,3-13H2,1-2H3/t15-,16+,17-. The Morgan fingerprint density at radius 2 is 1.71 bits per heavy atom. The summed E-state index contributed by atoms with van der Waals surface area (Å²) in [6.07, 6.45) is 7.16. The van der Waals surface area contributed by atoms with E-state index in [0.717, 1.165) is 42.9 Å². The molecule has 1 aromatic heterocycles. The average Bonchev–Trinajstić information content (AvgIpc) is 3.16. The maximum absolute atomic E-state index is 13.7. The SMILES string of the molecule is CC1CCN([C@@H]2C[C@H]3CC[C@@H](C2)N3S(=O)(=O)c2c3c(nn2C)CCOC3)CC1. The zero-order valence-electron chi connectivity index (χ0n) is 17.0. The van der Waals surface area contributed by atoms with Gasteiger partial charge in [-0.25, -0.2) is 8.42 Å². The molecule has 4 aliphatic rings.